The van der Waals surface area contributed by atoms with E-state index >= 15 is 0 Å². The van der Waals surface area contributed by atoms with E-state index in [1.807, 2.05) is 17.0 Å². The summed E-state index contributed by atoms with van der Waals surface area (Å²) in [5.41, 5.74) is 3.82. The lowest BCUT2D eigenvalue weighted by molar-refractivity contribution is -0.117. The van der Waals surface area contributed by atoms with Crippen LogP contribution in [0.2, 0.25) is 10.0 Å². The molecule has 168 valence electrons. The zero-order valence-electron chi connectivity index (χ0n) is 18.3. The molecule has 2 aliphatic rings. The van der Waals surface area contributed by atoms with Crippen molar-refractivity contribution in [3.05, 3.63) is 75.4 Å². The molecule has 2 aromatic carbocycles. The van der Waals surface area contributed by atoms with Crippen LogP contribution in [0.5, 0.6) is 0 Å². The second kappa shape index (κ2) is 9.16. The van der Waals surface area contributed by atoms with Gasteiger partial charge < -0.3 is 15.5 Å². The average molecular weight is 472 g/mol. The van der Waals surface area contributed by atoms with Gasteiger partial charge in [-0.3, -0.25) is 4.79 Å². The van der Waals surface area contributed by atoms with E-state index in [1.165, 1.54) is 5.56 Å². The molecule has 1 heterocycles. The van der Waals surface area contributed by atoms with Crippen LogP contribution in [0.3, 0.4) is 0 Å². The Kier molecular flexibility index (Phi) is 6.50. The van der Waals surface area contributed by atoms with Crippen LogP contribution >= 0.6 is 23.2 Å². The number of anilines is 1. The predicted octanol–water partition coefficient (Wildman–Crippen LogP) is 5.99. The fourth-order valence-corrected chi connectivity index (χ4v) is 4.87. The molecule has 2 N–H and O–H groups in total. The molecule has 1 aliphatic heterocycles. The average Bonchev–Trinajstić information content (AvgIpc) is 2.73. The Hall–Kier alpha value is -2.50. The first kappa shape index (κ1) is 22.7. The molecule has 32 heavy (non-hydrogen) atoms. The summed E-state index contributed by atoms with van der Waals surface area (Å²) >= 11 is 12.1. The van der Waals surface area contributed by atoms with Gasteiger partial charge in [-0.2, -0.15) is 0 Å². The topological polar surface area (TPSA) is 61.4 Å². The lowest BCUT2D eigenvalue weighted by atomic mass is 9.79. The zero-order chi connectivity index (χ0) is 22.9. The number of fused-ring (bicyclic) bond motifs is 1. The summed E-state index contributed by atoms with van der Waals surface area (Å²) in [7, 11) is 0. The number of nitrogens with one attached hydrogen (secondary N) is 2. The first-order valence-corrected chi connectivity index (χ1v) is 11.6. The molecule has 7 heteroatoms. The summed E-state index contributed by atoms with van der Waals surface area (Å²) in [4.78, 5) is 27.2. The van der Waals surface area contributed by atoms with Gasteiger partial charge in [-0.15, -0.1) is 0 Å². The van der Waals surface area contributed by atoms with Crippen molar-refractivity contribution in [3.8, 4) is 0 Å². The third-order valence-electron chi connectivity index (χ3n) is 6.02. The molecule has 1 atom stereocenters. The van der Waals surface area contributed by atoms with Crippen molar-refractivity contribution in [2.45, 2.75) is 39.2 Å². The SMILES string of the molecule is CC1(C)CC(=O)C=C(NC[C@H]2c3ccccc3CCN2C(=O)Nc2ccc(Cl)c(Cl)c2)C1. The van der Waals surface area contributed by atoms with E-state index in [2.05, 4.69) is 36.6 Å². The molecular formula is C25H27Cl2N3O2. The van der Waals surface area contributed by atoms with Gasteiger partial charge in [-0.25, -0.2) is 4.79 Å². The van der Waals surface area contributed by atoms with Crippen LogP contribution in [-0.4, -0.2) is 29.8 Å². The van der Waals surface area contributed by atoms with Gasteiger partial charge in [0.1, 0.15) is 0 Å². The lowest BCUT2D eigenvalue weighted by Crippen LogP contribution is -2.46. The maximum atomic E-state index is 13.2. The molecule has 0 saturated heterocycles. The van der Waals surface area contributed by atoms with Gasteiger partial charge in [0, 0.05) is 37.0 Å². The van der Waals surface area contributed by atoms with Crippen LogP contribution in [-0.2, 0) is 11.2 Å². The van der Waals surface area contributed by atoms with Crippen molar-refractivity contribution in [2.24, 2.45) is 5.41 Å². The summed E-state index contributed by atoms with van der Waals surface area (Å²) < 4.78 is 0. The summed E-state index contributed by atoms with van der Waals surface area (Å²) in [5, 5.41) is 7.24. The Balaban J connectivity index is 1.55. The summed E-state index contributed by atoms with van der Waals surface area (Å²) in [6, 6.07) is 12.9. The van der Waals surface area contributed by atoms with Gasteiger partial charge in [-0.1, -0.05) is 61.3 Å². The minimum absolute atomic E-state index is 0.0659. The molecule has 1 aliphatic carbocycles. The number of nitrogens with zero attached hydrogens (tertiary/aromatic N) is 1. The van der Waals surface area contributed by atoms with E-state index in [4.69, 9.17) is 23.2 Å². The number of carbonyl (C=O) groups is 2. The largest absolute Gasteiger partial charge is 0.386 e. The molecule has 5 nitrogen and oxygen atoms in total. The Bertz CT molecular complexity index is 1080. The summed E-state index contributed by atoms with van der Waals surface area (Å²) in [6.07, 6.45) is 3.86. The van der Waals surface area contributed by atoms with Crippen LogP contribution in [0.4, 0.5) is 10.5 Å². The number of halogens is 2. The van der Waals surface area contributed by atoms with E-state index < -0.39 is 0 Å². The van der Waals surface area contributed by atoms with E-state index in [0.717, 1.165) is 24.1 Å². The molecule has 0 radical (unpaired) electrons. The first-order chi connectivity index (χ1) is 15.2. The molecule has 0 unspecified atom stereocenters. The van der Waals surface area contributed by atoms with E-state index in [0.29, 0.717) is 35.2 Å². The maximum Gasteiger partial charge on any atom is 0.322 e. The van der Waals surface area contributed by atoms with Crippen molar-refractivity contribution < 1.29 is 9.59 Å². The van der Waals surface area contributed by atoms with Crippen molar-refractivity contribution in [3.63, 3.8) is 0 Å². The smallest absolute Gasteiger partial charge is 0.322 e. The number of rotatable bonds is 4. The van der Waals surface area contributed by atoms with Gasteiger partial charge >= 0.3 is 6.03 Å². The van der Waals surface area contributed by atoms with Crippen molar-refractivity contribution in [1.82, 2.24) is 10.2 Å². The zero-order valence-corrected chi connectivity index (χ0v) is 19.8. The number of urea groups is 1. The fraction of sp³-hybridized carbons (Fsp3) is 0.360. The molecule has 0 spiro atoms. The number of amides is 2. The predicted molar refractivity (Wildman–Crippen MR) is 129 cm³/mol. The van der Waals surface area contributed by atoms with E-state index in [-0.39, 0.29) is 23.3 Å². The van der Waals surface area contributed by atoms with Crippen LogP contribution in [0, 0.1) is 5.41 Å². The number of hydrogen-bond donors (Lipinski definition) is 2. The van der Waals surface area contributed by atoms with E-state index in [9.17, 15) is 9.59 Å². The monoisotopic (exact) mass is 471 g/mol. The molecular weight excluding hydrogens is 445 g/mol. The van der Waals surface area contributed by atoms with Crippen molar-refractivity contribution >= 4 is 40.7 Å². The van der Waals surface area contributed by atoms with Gasteiger partial charge in [0.25, 0.3) is 0 Å². The second-order valence-electron chi connectivity index (χ2n) is 9.25. The van der Waals surface area contributed by atoms with Crippen LogP contribution in [0.1, 0.15) is 43.9 Å². The summed E-state index contributed by atoms with van der Waals surface area (Å²) in [6.45, 7) is 5.33. The highest BCUT2D eigenvalue weighted by molar-refractivity contribution is 6.42. The molecule has 0 bridgehead atoms. The Morgan fingerprint density at radius 3 is 2.66 bits per heavy atom. The van der Waals surface area contributed by atoms with Crippen LogP contribution in [0.25, 0.3) is 0 Å². The summed E-state index contributed by atoms with van der Waals surface area (Å²) in [5.74, 6) is 0.141. The highest BCUT2D eigenvalue weighted by Crippen LogP contribution is 2.34. The lowest BCUT2D eigenvalue weighted by Gasteiger charge is -2.38. The highest BCUT2D eigenvalue weighted by Gasteiger charge is 2.32. The van der Waals surface area contributed by atoms with Crippen LogP contribution < -0.4 is 10.6 Å². The Morgan fingerprint density at radius 1 is 1.12 bits per heavy atom. The third kappa shape index (κ3) is 5.11. The Labute approximate surface area is 198 Å². The van der Waals surface area contributed by atoms with E-state index in [1.54, 1.807) is 24.3 Å². The maximum absolute atomic E-state index is 13.2. The minimum Gasteiger partial charge on any atom is -0.386 e. The fourth-order valence-electron chi connectivity index (χ4n) is 4.57. The first-order valence-electron chi connectivity index (χ1n) is 10.8. The normalized spacial score (nSPS) is 19.8. The number of carbonyl (C=O) groups excluding carboxylic acids is 2. The third-order valence-corrected chi connectivity index (χ3v) is 6.76. The van der Waals surface area contributed by atoms with Crippen molar-refractivity contribution in [1.29, 1.82) is 0 Å². The Morgan fingerprint density at radius 2 is 1.91 bits per heavy atom. The number of ketones is 1. The van der Waals surface area contributed by atoms with Gasteiger partial charge in [0.2, 0.25) is 0 Å². The molecule has 2 amide bonds. The quantitative estimate of drug-likeness (QED) is 0.575. The molecule has 0 aromatic heterocycles. The van der Waals surface area contributed by atoms with Crippen LogP contribution in [0.15, 0.2) is 54.2 Å². The highest BCUT2D eigenvalue weighted by atomic mass is 35.5. The van der Waals surface area contributed by atoms with Crippen molar-refractivity contribution in [2.75, 3.05) is 18.4 Å². The van der Waals surface area contributed by atoms with Gasteiger partial charge in [0.15, 0.2) is 5.78 Å². The number of hydrogen-bond acceptors (Lipinski definition) is 3. The molecule has 4 rings (SSSR count). The van der Waals surface area contributed by atoms with Gasteiger partial charge in [0.05, 0.1) is 16.1 Å². The van der Waals surface area contributed by atoms with Gasteiger partial charge in [-0.05, 0) is 47.6 Å². The minimum atomic E-state index is -0.196. The molecule has 2 aromatic rings. The molecule has 0 saturated carbocycles. The molecule has 0 fully saturated rings. The number of allylic oxidation sites excluding steroid dienone is 2. The number of benzene rings is 2. The standard InChI is InChI=1S/C25H27Cl2N3O2/c1-25(2)13-18(11-19(31)14-25)28-15-23-20-6-4-3-5-16(20)9-10-30(23)24(32)29-17-7-8-21(26)22(27)12-17/h3-8,11-12,23,28H,9-10,13-15H2,1-2H3,(H,29,32)/t23-/m0/s1. The second-order valence-corrected chi connectivity index (χ2v) is 10.1.